The van der Waals surface area contributed by atoms with Crippen LogP contribution in [0.25, 0.3) is 0 Å². The molecule has 0 radical (unpaired) electrons. The van der Waals surface area contributed by atoms with Gasteiger partial charge < -0.3 is 10.6 Å². The Balaban J connectivity index is 2.19. The Morgan fingerprint density at radius 1 is 0.885 bits per heavy atom. The van der Waals surface area contributed by atoms with Crippen LogP contribution >= 0.6 is 0 Å². The van der Waals surface area contributed by atoms with E-state index in [4.69, 9.17) is 0 Å². The highest BCUT2D eigenvalue weighted by molar-refractivity contribution is 5.87. The third-order valence-electron chi connectivity index (χ3n) is 5.13. The van der Waals surface area contributed by atoms with E-state index in [-0.39, 0.29) is 17.9 Å². The highest BCUT2D eigenvalue weighted by atomic mass is 16.1. The number of benzene rings is 2. The SMILES string of the molecule is CNCCCCC(NC)C(=O)[C@@H](C)C(c1ccccc1)c1ccccc1. The Morgan fingerprint density at radius 2 is 1.42 bits per heavy atom. The van der Waals surface area contributed by atoms with E-state index in [1.807, 2.05) is 26.2 Å². The first-order chi connectivity index (χ1) is 12.7. The summed E-state index contributed by atoms with van der Waals surface area (Å²) in [6.45, 7) is 3.07. The molecule has 2 aromatic carbocycles. The smallest absolute Gasteiger partial charge is 0.153 e. The van der Waals surface area contributed by atoms with E-state index in [1.54, 1.807) is 0 Å². The summed E-state index contributed by atoms with van der Waals surface area (Å²) in [5, 5.41) is 6.41. The molecule has 26 heavy (non-hydrogen) atoms. The lowest BCUT2D eigenvalue weighted by Crippen LogP contribution is -2.39. The minimum absolute atomic E-state index is 0.0815. The van der Waals surface area contributed by atoms with E-state index in [0.717, 1.165) is 25.8 Å². The first-order valence-electron chi connectivity index (χ1n) is 9.64. The van der Waals surface area contributed by atoms with E-state index in [1.165, 1.54) is 11.1 Å². The Labute approximate surface area is 158 Å². The second-order valence-corrected chi connectivity index (χ2v) is 6.93. The average molecular weight is 353 g/mol. The van der Waals surface area contributed by atoms with E-state index in [9.17, 15) is 4.79 Å². The number of likely N-dealkylation sites (N-methyl/N-ethyl adjacent to an activating group) is 1. The summed E-state index contributed by atoms with van der Waals surface area (Å²) in [5.74, 6) is 0.300. The Bertz CT molecular complexity index is 602. The molecular weight excluding hydrogens is 320 g/mol. The number of carbonyl (C=O) groups is 1. The summed E-state index contributed by atoms with van der Waals surface area (Å²) in [7, 11) is 3.86. The molecule has 2 rings (SSSR count). The molecule has 0 amide bonds. The van der Waals surface area contributed by atoms with Crippen LogP contribution in [0.2, 0.25) is 0 Å². The zero-order chi connectivity index (χ0) is 18.8. The molecule has 3 nitrogen and oxygen atoms in total. The molecule has 0 heterocycles. The molecule has 0 aliphatic carbocycles. The van der Waals surface area contributed by atoms with Crippen molar-refractivity contribution in [3.8, 4) is 0 Å². The number of nitrogens with one attached hydrogen (secondary N) is 2. The summed E-state index contributed by atoms with van der Waals surface area (Å²) < 4.78 is 0. The summed E-state index contributed by atoms with van der Waals surface area (Å²) >= 11 is 0. The number of Topliss-reactive ketones (excluding diaryl/α,β-unsaturated/α-hetero) is 1. The molecule has 3 heteroatoms. The lowest BCUT2D eigenvalue weighted by atomic mass is 9.77. The number of unbranched alkanes of at least 4 members (excludes halogenated alkanes) is 1. The van der Waals surface area contributed by atoms with Gasteiger partial charge in [-0.05, 0) is 44.6 Å². The topological polar surface area (TPSA) is 41.1 Å². The van der Waals surface area contributed by atoms with Crippen molar-refractivity contribution in [1.82, 2.24) is 10.6 Å². The van der Waals surface area contributed by atoms with E-state index in [0.29, 0.717) is 5.78 Å². The molecule has 0 bridgehead atoms. The highest BCUT2D eigenvalue weighted by Gasteiger charge is 2.30. The van der Waals surface area contributed by atoms with Crippen molar-refractivity contribution in [3.63, 3.8) is 0 Å². The number of rotatable bonds is 11. The molecule has 0 aromatic heterocycles. The van der Waals surface area contributed by atoms with Crippen molar-refractivity contribution in [2.45, 2.75) is 38.1 Å². The van der Waals surface area contributed by atoms with Crippen LogP contribution in [0, 0.1) is 5.92 Å². The molecule has 0 saturated heterocycles. The quantitative estimate of drug-likeness (QED) is 0.601. The van der Waals surface area contributed by atoms with Crippen LogP contribution in [0.1, 0.15) is 43.2 Å². The second-order valence-electron chi connectivity index (χ2n) is 6.93. The normalized spacial score (nSPS) is 13.5. The minimum Gasteiger partial charge on any atom is -0.320 e. The number of carbonyl (C=O) groups excluding carboxylic acids is 1. The van der Waals surface area contributed by atoms with Crippen molar-refractivity contribution in [1.29, 1.82) is 0 Å². The third kappa shape index (κ3) is 5.52. The molecule has 0 saturated carbocycles. The van der Waals surface area contributed by atoms with Gasteiger partial charge in [0.1, 0.15) is 0 Å². The van der Waals surface area contributed by atoms with Gasteiger partial charge in [-0.15, -0.1) is 0 Å². The largest absolute Gasteiger partial charge is 0.320 e. The standard InChI is InChI=1S/C23H32N2O/c1-18(23(26)21(25-3)16-10-11-17-24-2)22(19-12-6-4-7-13-19)20-14-8-5-9-15-20/h4-9,12-15,18,21-22,24-25H,10-11,16-17H2,1-3H3/t18-,21?/m0/s1. The van der Waals surface area contributed by atoms with Gasteiger partial charge in [0.05, 0.1) is 6.04 Å². The van der Waals surface area contributed by atoms with Crippen LogP contribution in [0.4, 0.5) is 0 Å². The fraction of sp³-hybridized carbons (Fsp3) is 0.435. The van der Waals surface area contributed by atoms with Crippen molar-refractivity contribution < 1.29 is 4.79 Å². The summed E-state index contributed by atoms with van der Waals surface area (Å²) in [6.07, 6.45) is 3.03. The second kappa shape index (κ2) is 10.9. The molecule has 1 unspecified atom stereocenters. The molecule has 140 valence electrons. The van der Waals surface area contributed by atoms with Gasteiger partial charge in [-0.25, -0.2) is 0 Å². The van der Waals surface area contributed by atoms with Crippen LogP contribution in [0.15, 0.2) is 60.7 Å². The predicted octanol–water partition coefficient (Wildman–Crippen LogP) is 4.00. The zero-order valence-corrected chi connectivity index (χ0v) is 16.2. The van der Waals surface area contributed by atoms with Gasteiger partial charge in [-0.2, -0.15) is 0 Å². The van der Waals surface area contributed by atoms with Crippen LogP contribution in [-0.2, 0) is 4.79 Å². The number of hydrogen-bond donors (Lipinski definition) is 2. The van der Waals surface area contributed by atoms with Crippen molar-refractivity contribution >= 4 is 5.78 Å². The molecular formula is C23H32N2O. The van der Waals surface area contributed by atoms with Crippen molar-refractivity contribution in [3.05, 3.63) is 71.8 Å². The van der Waals surface area contributed by atoms with E-state index < -0.39 is 0 Å². The lowest BCUT2D eigenvalue weighted by molar-refractivity contribution is -0.124. The van der Waals surface area contributed by atoms with E-state index in [2.05, 4.69) is 66.1 Å². The van der Waals surface area contributed by atoms with Crippen molar-refractivity contribution in [2.75, 3.05) is 20.6 Å². The van der Waals surface area contributed by atoms with Crippen LogP contribution < -0.4 is 10.6 Å². The maximum absolute atomic E-state index is 13.2. The first kappa shape index (κ1) is 20.3. The van der Waals surface area contributed by atoms with Gasteiger partial charge >= 0.3 is 0 Å². The molecule has 2 atom stereocenters. The molecule has 2 N–H and O–H groups in total. The first-order valence-corrected chi connectivity index (χ1v) is 9.64. The fourth-order valence-electron chi connectivity index (χ4n) is 3.65. The van der Waals surface area contributed by atoms with Crippen molar-refractivity contribution in [2.24, 2.45) is 5.92 Å². The molecule has 0 spiro atoms. The predicted molar refractivity (Wildman–Crippen MR) is 110 cm³/mol. The van der Waals surface area contributed by atoms with Gasteiger partial charge in [-0.3, -0.25) is 4.79 Å². The average Bonchev–Trinajstić information content (AvgIpc) is 2.69. The minimum atomic E-state index is -0.0863. The Hall–Kier alpha value is -1.97. The van der Waals surface area contributed by atoms with Gasteiger partial charge in [0, 0.05) is 11.8 Å². The molecule has 0 aliphatic rings. The number of ketones is 1. The molecule has 0 aliphatic heterocycles. The Morgan fingerprint density at radius 3 is 1.88 bits per heavy atom. The van der Waals surface area contributed by atoms with Gasteiger partial charge in [-0.1, -0.05) is 74.0 Å². The summed E-state index contributed by atoms with van der Waals surface area (Å²) in [4.78, 5) is 13.2. The fourth-order valence-corrected chi connectivity index (χ4v) is 3.65. The maximum atomic E-state index is 13.2. The van der Waals surface area contributed by atoms with Gasteiger partial charge in [0.15, 0.2) is 5.78 Å². The maximum Gasteiger partial charge on any atom is 0.153 e. The summed E-state index contributed by atoms with van der Waals surface area (Å²) in [6, 6.07) is 20.7. The molecule has 2 aromatic rings. The van der Waals surface area contributed by atoms with Crippen LogP contribution in [0.5, 0.6) is 0 Å². The van der Waals surface area contributed by atoms with E-state index >= 15 is 0 Å². The lowest BCUT2D eigenvalue weighted by Gasteiger charge is -2.27. The zero-order valence-electron chi connectivity index (χ0n) is 16.2. The number of hydrogen-bond acceptors (Lipinski definition) is 3. The van der Waals surface area contributed by atoms with Crippen LogP contribution in [-0.4, -0.2) is 32.5 Å². The van der Waals surface area contributed by atoms with Crippen LogP contribution in [0.3, 0.4) is 0 Å². The van der Waals surface area contributed by atoms with Gasteiger partial charge in [0.2, 0.25) is 0 Å². The highest BCUT2D eigenvalue weighted by Crippen LogP contribution is 2.33. The third-order valence-corrected chi connectivity index (χ3v) is 5.13. The molecule has 0 fully saturated rings. The van der Waals surface area contributed by atoms with Gasteiger partial charge in [0.25, 0.3) is 0 Å². The monoisotopic (exact) mass is 352 g/mol. The summed E-state index contributed by atoms with van der Waals surface area (Å²) in [5.41, 5.74) is 2.40. The Kier molecular flexibility index (Phi) is 8.52.